The molecule has 0 amide bonds. The molecule has 0 spiro atoms. The van der Waals surface area contributed by atoms with Crippen molar-refractivity contribution >= 4 is 23.3 Å². The first kappa shape index (κ1) is 7.90. The number of hydrogen-bond donors (Lipinski definition) is 0. The predicted octanol–water partition coefficient (Wildman–Crippen LogP) is 0.542. The van der Waals surface area contributed by atoms with Gasteiger partial charge in [-0.3, -0.25) is 0 Å². The Kier molecular flexibility index (Phi) is 1.95. The third kappa shape index (κ3) is 1.08. The van der Waals surface area contributed by atoms with E-state index in [0.717, 1.165) is 16.1 Å². The average Bonchev–Trinajstić information content (AvgIpc) is 2.40. The maximum atomic E-state index is 11.6. The number of fused-ring (bicyclic) bond motifs is 1. The molecule has 2 rings (SSSR count). The Morgan fingerprint density at radius 1 is 1.33 bits per heavy atom. The molecule has 1 aliphatic heterocycles. The van der Waals surface area contributed by atoms with Gasteiger partial charge in [0.05, 0.1) is 0 Å². The molecule has 1 aliphatic rings. The van der Waals surface area contributed by atoms with Crippen LogP contribution in [0.15, 0.2) is 24.3 Å². The number of benzene rings is 1. The van der Waals surface area contributed by atoms with Crippen molar-refractivity contribution in [2.75, 3.05) is 0 Å². The second kappa shape index (κ2) is 2.96. The molecule has 1 aromatic rings. The van der Waals surface area contributed by atoms with Crippen LogP contribution < -0.4 is 10.4 Å². The molecule has 0 N–H and O–H groups in total. The van der Waals surface area contributed by atoms with Gasteiger partial charge < -0.3 is 0 Å². The van der Waals surface area contributed by atoms with Crippen LogP contribution in [0.1, 0.15) is 13.3 Å². The Morgan fingerprint density at radius 3 is 2.83 bits per heavy atom. The van der Waals surface area contributed by atoms with Crippen LogP contribution in [-0.4, -0.2) is 13.8 Å². The third-order valence-electron chi connectivity index (χ3n) is 2.06. The second-order valence-electron chi connectivity index (χ2n) is 2.78. The summed E-state index contributed by atoms with van der Waals surface area (Å²) in [6.07, 6.45) is 0.918. The summed E-state index contributed by atoms with van der Waals surface area (Å²) in [6, 6.07) is 8.10. The van der Waals surface area contributed by atoms with Crippen molar-refractivity contribution < 1.29 is 3.83 Å². The molecule has 0 aromatic heterocycles. The van der Waals surface area contributed by atoms with E-state index in [-0.39, 0.29) is 0 Å². The topological polar surface area (TPSA) is 17.1 Å². The van der Waals surface area contributed by atoms with Crippen LogP contribution in [0.3, 0.4) is 0 Å². The molecule has 0 radical (unpaired) electrons. The van der Waals surface area contributed by atoms with Gasteiger partial charge in [0.1, 0.15) is 0 Å². The molecule has 0 aliphatic carbocycles. The molecule has 1 aromatic carbocycles. The molecule has 12 heavy (non-hydrogen) atoms. The van der Waals surface area contributed by atoms with Gasteiger partial charge in [0.15, 0.2) is 0 Å². The molecule has 1 atom stereocenters. The zero-order valence-corrected chi connectivity index (χ0v) is 8.62. The molecule has 1 nitrogen and oxygen atoms in total. The Morgan fingerprint density at radius 2 is 2.08 bits per heavy atom. The van der Waals surface area contributed by atoms with Crippen LogP contribution in [0, 0.1) is 0 Å². The minimum atomic E-state index is -1.78. The molecule has 1 unspecified atom stereocenters. The van der Waals surface area contributed by atoms with Crippen molar-refractivity contribution in [3.8, 4) is 0 Å². The van der Waals surface area contributed by atoms with Gasteiger partial charge >= 0.3 is 75.2 Å². The SMILES string of the molecule is CCC1=c2ccccc2=C[Se]1=O. The Labute approximate surface area is 75.5 Å². The van der Waals surface area contributed by atoms with Crippen LogP contribution in [0.2, 0.25) is 0 Å². The quantitative estimate of drug-likeness (QED) is 0.637. The maximum absolute atomic E-state index is 11.6. The van der Waals surface area contributed by atoms with Crippen LogP contribution in [0.5, 0.6) is 0 Å². The predicted molar refractivity (Wildman–Crippen MR) is 50.3 cm³/mol. The van der Waals surface area contributed by atoms with Crippen molar-refractivity contribution in [3.63, 3.8) is 0 Å². The number of rotatable bonds is 1. The molecular weight excluding hydrogens is 215 g/mol. The Hall–Kier alpha value is -0.721. The molecule has 0 fully saturated rings. The van der Waals surface area contributed by atoms with Gasteiger partial charge in [0.25, 0.3) is 0 Å². The van der Waals surface area contributed by atoms with Crippen LogP contribution in [0.25, 0.3) is 9.45 Å². The fraction of sp³-hybridized carbons (Fsp3) is 0.200. The first-order valence-corrected chi connectivity index (χ1v) is 6.58. The molecule has 0 bridgehead atoms. The summed E-state index contributed by atoms with van der Waals surface area (Å²) in [5, 5.41) is 2.37. The first-order chi connectivity index (χ1) is 5.83. The fourth-order valence-corrected chi connectivity index (χ4v) is 4.14. The van der Waals surface area contributed by atoms with E-state index in [2.05, 4.69) is 13.0 Å². The van der Waals surface area contributed by atoms with Crippen molar-refractivity contribution in [3.05, 3.63) is 34.7 Å². The first-order valence-electron chi connectivity index (χ1n) is 4.03. The summed E-state index contributed by atoms with van der Waals surface area (Å²) < 4.78 is 12.7. The van der Waals surface area contributed by atoms with Gasteiger partial charge in [-0.2, -0.15) is 0 Å². The van der Waals surface area contributed by atoms with E-state index >= 15 is 0 Å². The monoisotopic (exact) mass is 226 g/mol. The Bertz CT molecular complexity index is 445. The van der Waals surface area contributed by atoms with E-state index in [1.807, 2.05) is 23.2 Å². The molecule has 1 heterocycles. The van der Waals surface area contributed by atoms with Crippen molar-refractivity contribution in [1.29, 1.82) is 0 Å². The number of hydrogen-bond acceptors (Lipinski definition) is 1. The van der Waals surface area contributed by atoms with Crippen molar-refractivity contribution in [2.24, 2.45) is 0 Å². The average molecular weight is 225 g/mol. The van der Waals surface area contributed by atoms with Gasteiger partial charge in [-0.15, -0.1) is 0 Å². The van der Waals surface area contributed by atoms with E-state index in [4.69, 9.17) is 0 Å². The summed E-state index contributed by atoms with van der Waals surface area (Å²) in [4.78, 5) is 1.92. The van der Waals surface area contributed by atoms with Gasteiger partial charge in [-0.05, 0) is 0 Å². The third-order valence-corrected chi connectivity index (χ3v) is 5.13. The summed E-state index contributed by atoms with van der Waals surface area (Å²) >= 11 is -1.78. The van der Waals surface area contributed by atoms with E-state index < -0.39 is 13.8 Å². The van der Waals surface area contributed by atoms with Gasteiger partial charge in [-0.25, -0.2) is 0 Å². The van der Waals surface area contributed by atoms with Gasteiger partial charge in [0, 0.05) is 0 Å². The molecule has 0 saturated heterocycles. The summed E-state index contributed by atoms with van der Waals surface area (Å²) in [6.45, 7) is 2.07. The normalized spacial score (nSPS) is 20.4. The fourth-order valence-electron chi connectivity index (χ4n) is 1.48. The molecular formula is C10H10OSe. The zero-order valence-electron chi connectivity index (χ0n) is 6.91. The second-order valence-corrected chi connectivity index (χ2v) is 5.56. The van der Waals surface area contributed by atoms with E-state index in [0.29, 0.717) is 0 Å². The standard InChI is InChI=1S/C10H10OSe/c1-2-10-9-6-4-3-5-8(9)7-12(10)11/h3-7H,2H2,1H3. The summed E-state index contributed by atoms with van der Waals surface area (Å²) in [5.74, 6) is 0. The molecule has 2 heteroatoms. The Balaban J connectivity index is 2.88. The van der Waals surface area contributed by atoms with Crippen LogP contribution in [0.4, 0.5) is 0 Å². The van der Waals surface area contributed by atoms with E-state index in [1.54, 1.807) is 0 Å². The van der Waals surface area contributed by atoms with E-state index in [9.17, 15) is 3.83 Å². The molecule has 62 valence electrons. The molecule has 0 saturated carbocycles. The summed E-state index contributed by atoms with van der Waals surface area (Å²) in [5.41, 5.74) is 0. The zero-order chi connectivity index (χ0) is 8.55. The van der Waals surface area contributed by atoms with Crippen LogP contribution >= 0.6 is 0 Å². The van der Waals surface area contributed by atoms with Crippen LogP contribution in [-0.2, 0) is 3.83 Å². The van der Waals surface area contributed by atoms with Gasteiger partial charge in [0.2, 0.25) is 0 Å². The van der Waals surface area contributed by atoms with Crippen molar-refractivity contribution in [2.45, 2.75) is 13.3 Å². The van der Waals surface area contributed by atoms with Crippen molar-refractivity contribution in [1.82, 2.24) is 0 Å². The van der Waals surface area contributed by atoms with Gasteiger partial charge in [-0.1, -0.05) is 0 Å². The minimum absolute atomic E-state index is 0.918. The van der Waals surface area contributed by atoms with E-state index in [1.165, 1.54) is 5.22 Å². The summed E-state index contributed by atoms with van der Waals surface area (Å²) in [7, 11) is 0.